The van der Waals surface area contributed by atoms with E-state index in [1.165, 1.54) is 4.90 Å². The molecule has 0 unspecified atom stereocenters. The number of carbonyl (C=O) groups is 2. The number of hydrogen-bond donors (Lipinski definition) is 1. The number of alkyl halides is 3. The van der Waals surface area contributed by atoms with Gasteiger partial charge in [0.25, 0.3) is 0 Å². The van der Waals surface area contributed by atoms with Crippen molar-refractivity contribution in [3.05, 3.63) is 0 Å². The highest BCUT2D eigenvalue weighted by molar-refractivity contribution is 5.80. The molecule has 2 atom stereocenters. The van der Waals surface area contributed by atoms with Crippen molar-refractivity contribution < 1.29 is 27.9 Å². The predicted octanol–water partition coefficient (Wildman–Crippen LogP) is 1.79. The summed E-state index contributed by atoms with van der Waals surface area (Å²) >= 11 is 0. The van der Waals surface area contributed by atoms with Crippen LogP contribution < -0.4 is 0 Å². The summed E-state index contributed by atoms with van der Waals surface area (Å²) in [5, 5.41) is 9.37. The molecule has 0 aromatic heterocycles. The van der Waals surface area contributed by atoms with E-state index in [4.69, 9.17) is 0 Å². The minimum atomic E-state index is -4.45. The zero-order valence-electron chi connectivity index (χ0n) is 11.1. The fourth-order valence-electron chi connectivity index (χ4n) is 3.36. The summed E-state index contributed by atoms with van der Waals surface area (Å²) in [4.78, 5) is 25.3. The molecule has 0 spiro atoms. The van der Waals surface area contributed by atoms with E-state index in [1.54, 1.807) is 0 Å². The average molecular weight is 294 g/mol. The molecule has 1 saturated heterocycles. The Morgan fingerprint density at radius 2 is 2.10 bits per heavy atom. The maximum Gasteiger partial charge on any atom is 0.406 e. The Kier molecular flexibility index (Phi) is 3.60. The second-order valence-corrected chi connectivity index (χ2v) is 5.68. The van der Waals surface area contributed by atoms with Crippen LogP contribution in [0.3, 0.4) is 0 Å². The van der Waals surface area contributed by atoms with Crippen molar-refractivity contribution in [1.82, 2.24) is 9.80 Å². The number of carboxylic acid groups (broad SMARTS) is 1. The smallest absolute Gasteiger partial charge is 0.406 e. The van der Waals surface area contributed by atoms with E-state index in [9.17, 15) is 27.9 Å². The summed E-state index contributed by atoms with van der Waals surface area (Å²) in [5.74, 6) is -1.10. The molecular formula is C12H17F3N2O3. The molecule has 1 heterocycles. The highest BCUT2D eigenvalue weighted by Gasteiger charge is 2.56. The maximum absolute atomic E-state index is 12.3. The Morgan fingerprint density at radius 1 is 1.45 bits per heavy atom. The molecule has 2 amide bonds. The van der Waals surface area contributed by atoms with E-state index in [-0.39, 0.29) is 19.0 Å². The van der Waals surface area contributed by atoms with Gasteiger partial charge in [-0.25, -0.2) is 4.79 Å². The van der Waals surface area contributed by atoms with Gasteiger partial charge in [-0.3, -0.25) is 4.79 Å². The number of fused-ring (bicyclic) bond motifs is 1. The first-order valence-electron chi connectivity index (χ1n) is 6.46. The summed E-state index contributed by atoms with van der Waals surface area (Å²) in [6.07, 6.45) is -2.47. The van der Waals surface area contributed by atoms with Crippen molar-refractivity contribution in [3.8, 4) is 0 Å². The van der Waals surface area contributed by atoms with Crippen molar-refractivity contribution >= 4 is 12.0 Å². The quantitative estimate of drug-likeness (QED) is 0.844. The molecule has 1 N–H and O–H groups in total. The Hall–Kier alpha value is -1.47. The number of carbonyl (C=O) groups excluding carboxylic acids is 1. The first-order chi connectivity index (χ1) is 9.16. The van der Waals surface area contributed by atoms with E-state index in [0.29, 0.717) is 17.7 Å². The molecule has 1 aliphatic carbocycles. The molecule has 8 heteroatoms. The van der Waals surface area contributed by atoms with Crippen molar-refractivity contribution in [1.29, 1.82) is 0 Å². The minimum absolute atomic E-state index is 0.00797. The molecule has 2 aliphatic rings. The third kappa shape index (κ3) is 2.55. The monoisotopic (exact) mass is 294 g/mol. The molecule has 20 heavy (non-hydrogen) atoms. The van der Waals surface area contributed by atoms with Crippen LogP contribution in [0.4, 0.5) is 18.0 Å². The van der Waals surface area contributed by atoms with Crippen LogP contribution in [0.2, 0.25) is 0 Å². The highest BCUT2D eigenvalue weighted by Crippen LogP contribution is 2.49. The van der Waals surface area contributed by atoms with Gasteiger partial charge in [0.2, 0.25) is 0 Å². The van der Waals surface area contributed by atoms with Gasteiger partial charge in [-0.05, 0) is 18.8 Å². The first-order valence-corrected chi connectivity index (χ1v) is 6.46. The molecule has 5 nitrogen and oxygen atoms in total. The van der Waals surface area contributed by atoms with Gasteiger partial charge < -0.3 is 14.9 Å². The highest BCUT2D eigenvalue weighted by atomic mass is 19.4. The molecule has 0 aromatic carbocycles. The van der Waals surface area contributed by atoms with Crippen LogP contribution in [0, 0.1) is 11.3 Å². The normalized spacial score (nSPS) is 29.4. The van der Waals surface area contributed by atoms with Gasteiger partial charge in [0, 0.05) is 20.1 Å². The van der Waals surface area contributed by atoms with Gasteiger partial charge >= 0.3 is 18.2 Å². The van der Waals surface area contributed by atoms with Crippen molar-refractivity contribution in [2.75, 3.05) is 26.7 Å². The Balaban J connectivity index is 2.06. The summed E-state index contributed by atoms with van der Waals surface area (Å²) < 4.78 is 36.8. The Morgan fingerprint density at radius 3 is 2.60 bits per heavy atom. The number of hydrogen-bond acceptors (Lipinski definition) is 2. The lowest BCUT2D eigenvalue weighted by atomic mass is 9.81. The largest absolute Gasteiger partial charge is 0.481 e. The van der Waals surface area contributed by atoms with E-state index >= 15 is 0 Å². The molecule has 0 aromatic rings. The van der Waals surface area contributed by atoms with Gasteiger partial charge in [0.15, 0.2) is 0 Å². The van der Waals surface area contributed by atoms with Gasteiger partial charge in [0.05, 0.1) is 5.41 Å². The lowest BCUT2D eigenvalue weighted by molar-refractivity contribution is -0.149. The summed E-state index contributed by atoms with van der Waals surface area (Å²) in [6, 6.07) is -0.752. The van der Waals surface area contributed by atoms with E-state index in [1.807, 2.05) is 0 Å². The number of nitrogens with zero attached hydrogens (tertiary/aromatic N) is 2. The zero-order valence-corrected chi connectivity index (χ0v) is 11.1. The first kappa shape index (κ1) is 14.9. The summed E-state index contributed by atoms with van der Waals surface area (Å²) in [7, 11) is 1.08. The fourth-order valence-corrected chi connectivity index (χ4v) is 3.36. The van der Waals surface area contributed by atoms with Crippen molar-refractivity contribution in [3.63, 3.8) is 0 Å². The van der Waals surface area contributed by atoms with Crippen LogP contribution in [-0.4, -0.2) is 59.8 Å². The van der Waals surface area contributed by atoms with Gasteiger partial charge in [-0.2, -0.15) is 13.2 Å². The molecule has 2 rings (SSSR count). The van der Waals surface area contributed by atoms with Crippen LogP contribution in [0.25, 0.3) is 0 Å². The third-order valence-corrected chi connectivity index (χ3v) is 4.31. The second-order valence-electron chi connectivity index (χ2n) is 5.68. The fraction of sp³-hybridized carbons (Fsp3) is 0.833. The predicted molar refractivity (Wildman–Crippen MR) is 63.1 cm³/mol. The minimum Gasteiger partial charge on any atom is -0.481 e. The van der Waals surface area contributed by atoms with Crippen LogP contribution >= 0.6 is 0 Å². The van der Waals surface area contributed by atoms with Crippen molar-refractivity contribution in [2.24, 2.45) is 11.3 Å². The van der Waals surface area contributed by atoms with E-state index in [2.05, 4.69) is 0 Å². The number of carboxylic acids is 1. The number of likely N-dealkylation sites (tertiary alicyclic amines) is 1. The van der Waals surface area contributed by atoms with Crippen LogP contribution in [-0.2, 0) is 4.79 Å². The number of amides is 2. The molecule has 114 valence electrons. The number of aliphatic carboxylic acids is 1. The topological polar surface area (TPSA) is 60.9 Å². The maximum atomic E-state index is 12.3. The Bertz CT molecular complexity index is 427. The van der Waals surface area contributed by atoms with Crippen LogP contribution in [0.15, 0.2) is 0 Å². The molecule has 1 saturated carbocycles. The number of halogens is 3. The van der Waals surface area contributed by atoms with Gasteiger partial charge in [-0.1, -0.05) is 6.42 Å². The molecule has 0 bridgehead atoms. The second kappa shape index (κ2) is 4.82. The standard InChI is InChI=1S/C12H17F3N2O3/c1-16(7-12(13,14)15)10(20)17-5-8-3-2-4-11(8,6-17)9(18)19/h8H,2-7H2,1H3,(H,18,19)/t8-,11+/m0/s1. The average Bonchev–Trinajstić information content (AvgIpc) is 2.81. The zero-order chi connectivity index (χ0) is 15.1. The molecule has 1 aliphatic heterocycles. The molecular weight excluding hydrogens is 277 g/mol. The summed E-state index contributed by atoms with van der Waals surface area (Å²) in [5.41, 5.74) is -0.964. The summed E-state index contributed by atoms with van der Waals surface area (Å²) in [6.45, 7) is -1.09. The van der Waals surface area contributed by atoms with Crippen LogP contribution in [0.5, 0.6) is 0 Å². The number of rotatable bonds is 2. The van der Waals surface area contributed by atoms with Crippen molar-refractivity contribution in [2.45, 2.75) is 25.4 Å². The van der Waals surface area contributed by atoms with E-state index in [0.717, 1.165) is 13.5 Å². The Labute approximate surface area is 114 Å². The SMILES string of the molecule is CN(CC(F)(F)F)C(=O)N1C[C@@H]2CCC[C@@]2(C(=O)O)C1. The molecule has 2 fully saturated rings. The lowest BCUT2D eigenvalue weighted by Gasteiger charge is -2.27. The molecule has 0 radical (unpaired) electrons. The number of urea groups is 1. The lowest BCUT2D eigenvalue weighted by Crippen LogP contribution is -2.45. The third-order valence-electron chi connectivity index (χ3n) is 4.31. The van der Waals surface area contributed by atoms with Crippen LogP contribution in [0.1, 0.15) is 19.3 Å². The van der Waals surface area contributed by atoms with Gasteiger partial charge in [0.1, 0.15) is 6.54 Å². The van der Waals surface area contributed by atoms with Gasteiger partial charge in [-0.15, -0.1) is 0 Å². The van der Waals surface area contributed by atoms with E-state index < -0.39 is 30.1 Å².